The van der Waals surface area contributed by atoms with E-state index >= 15 is 0 Å². The zero-order valence-electron chi connectivity index (χ0n) is 9.96. The van der Waals surface area contributed by atoms with Gasteiger partial charge in [0.1, 0.15) is 5.82 Å². The van der Waals surface area contributed by atoms with Crippen LogP contribution in [0.25, 0.3) is 0 Å². The van der Waals surface area contributed by atoms with Crippen LogP contribution >= 0.6 is 11.3 Å². The summed E-state index contributed by atoms with van der Waals surface area (Å²) in [5, 5.41) is 4.03. The highest BCUT2D eigenvalue weighted by atomic mass is 32.1. The molecule has 0 aliphatic rings. The highest BCUT2D eigenvalue weighted by Crippen LogP contribution is 2.12. The molecular weight excluding hydrogens is 248 g/mol. The molecule has 0 aromatic carbocycles. The van der Waals surface area contributed by atoms with Gasteiger partial charge in [0.05, 0.1) is 0 Å². The predicted molar refractivity (Wildman–Crippen MR) is 72.2 cm³/mol. The summed E-state index contributed by atoms with van der Waals surface area (Å²) in [5.74, 6) is 5.69. The number of aromatic nitrogens is 1. The predicted octanol–water partition coefficient (Wildman–Crippen LogP) is 1.70. The number of carbonyl (C=O) groups excluding carboxylic acids is 1. The fourth-order valence-corrected chi connectivity index (χ4v) is 2.25. The van der Waals surface area contributed by atoms with Gasteiger partial charge in [0.25, 0.3) is 5.91 Å². The van der Waals surface area contributed by atoms with E-state index in [0.29, 0.717) is 17.9 Å². The van der Waals surface area contributed by atoms with Gasteiger partial charge in [-0.05, 0) is 34.5 Å². The number of carbonyl (C=O) groups is 1. The molecule has 0 spiro atoms. The Morgan fingerprint density at radius 1 is 1.56 bits per heavy atom. The van der Waals surface area contributed by atoms with E-state index in [2.05, 4.69) is 10.4 Å². The fraction of sp³-hybridized carbons (Fsp3) is 0.167. The average Bonchev–Trinajstić information content (AvgIpc) is 2.90. The van der Waals surface area contributed by atoms with Gasteiger partial charge in [0, 0.05) is 25.4 Å². The third-order valence-corrected chi connectivity index (χ3v) is 3.23. The lowest BCUT2D eigenvalue weighted by Gasteiger charge is -2.16. The van der Waals surface area contributed by atoms with Gasteiger partial charge >= 0.3 is 0 Å². The fourth-order valence-electron chi connectivity index (χ4n) is 1.59. The van der Waals surface area contributed by atoms with Gasteiger partial charge in [0.15, 0.2) is 0 Å². The number of nitrogens with two attached hydrogens (primary N) is 1. The van der Waals surface area contributed by atoms with Crippen LogP contribution in [0.5, 0.6) is 0 Å². The lowest BCUT2D eigenvalue weighted by Crippen LogP contribution is -2.26. The summed E-state index contributed by atoms with van der Waals surface area (Å²) in [6.07, 6.45) is 1.56. The lowest BCUT2D eigenvalue weighted by atomic mass is 10.2. The maximum Gasteiger partial charge on any atom is 0.254 e. The summed E-state index contributed by atoms with van der Waals surface area (Å²) >= 11 is 1.62. The molecule has 2 aromatic heterocycles. The van der Waals surface area contributed by atoms with Crippen LogP contribution in [0.4, 0.5) is 5.82 Å². The molecule has 0 aliphatic carbocycles. The van der Waals surface area contributed by atoms with Crippen LogP contribution in [-0.2, 0) is 6.54 Å². The van der Waals surface area contributed by atoms with E-state index in [4.69, 9.17) is 5.84 Å². The zero-order valence-corrected chi connectivity index (χ0v) is 10.8. The summed E-state index contributed by atoms with van der Waals surface area (Å²) in [7, 11) is 1.77. The van der Waals surface area contributed by atoms with Crippen LogP contribution < -0.4 is 11.3 Å². The summed E-state index contributed by atoms with van der Waals surface area (Å²) < 4.78 is 0. The Morgan fingerprint density at radius 2 is 2.39 bits per heavy atom. The van der Waals surface area contributed by atoms with Crippen molar-refractivity contribution in [2.24, 2.45) is 5.84 Å². The van der Waals surface area contributed by atoms with E-state index in [1.54, 1.807) is 41.6 Å². The van der Waals surface area contributed by atoms with Crippen molar-refractivity contribution in [3.63, 3.8) is 0 Å². The van der Waals surface area contributed by atoms with Crippen molar-refractivity contribution < 1.29 is 4.79 Å². The van der Waals surface area contributed by atoms with Crippen LogP contribution in [0, 0.1) is 0 Å². The van der Waals surface area contributed by atoms with Crippen molar-refractivity contribution in [3.8, 4) is 0 Å². The van der Waals surface area contributed by atoms with E-state index in [9.17, 15) is 4.79 Å². The van der Waals surface area contributed by atoms with E-state index < -0.39 is 0 Å². The Kier molecular flexibility index (Phi) is 3.91. The molecule has 2 rings (SSSR count). The van der Waals surface area contributed by atoms with Gasteiger partial charge in [0.2, 0.25) is 0 Å². The zero-order chi connectivity index (χ0) is 13.0. The maximum atomic E-state index is 12.2. The van der Waals surface area contributed by atoms with Crippen molar-refractivity contribution in [2.75, 3.05) is 12.5 Å². The number of nitrogen functional groups attached to an aromatic ring is 1. The van der Waals surface area contributed by atoms with Gasteiger partial charge in [-0.15, -0.1) is 0 Å². The molecule has 2 aromatic rings. The molecule has 0 radical (unpaired) electrons. The molecule has 94 valence electrons. The monoisotopic (exact) mass is 262 g/mol. The molecule has 0 atom stereocenters. The first-order chi connectivity index (χ1) is 8.70. The van der Waals surface area contributed by atoms with Crippen LogP contribution in [0.2, 0.25) is 0 Å². The summed E-state index contributed by atoms with van der Waals surface area (Å²) in [5.41, 5.74) is 4.12. The second-order valence-electron chi connectivity index (χ2n) is 3.87. The minimum atomic E-state index is -0.0555. The molecule has 18 heavy (non-hydrogen) atoms. The van der Waals surface area contributed by atoms with Gasteiger partial charge in [-0.3, -0.25) is 4.79 Å². The Hall–Kier alpha value is -1.92. The Morgan fingerprint density at radius 3 is 3.06 bits per heavy atom. The molecule has 0 fully saturated rings. The summed E-state index contributed by atoms with van der Waals surface area (Å²) in [6.45, 7) is 0.593. The molecule has 5 nitrogen and oxygen atoms in total. The topological polar surface area (TPSA) is 71.2 Å². The molecule has 3 N–H and O–H groups in total. The number of thiophene rings is 1. The SMILES string of the molecule is CN(Cc1ccsc1)C(=O)c1ccnc(NN)c1. The van der Waals surface area contributed by atoms with E-state index in [-0.39, 0.29) is 5.91 Å². The number of hydrogen-bond acceptors (Lipinski definition) is 5. The van der Waals surface area contributed by atoms with Crippen molar-refractivity contribution in [1.82, 2.24) is 9.88 Å². The first kappa shape index (κ1) is 12.5. The summed E-state index contributed by atoms with van der Waals surface area (Å²) in [6, 6.07) is 5.31. The first-order valence-corrected chi connectivity index (χ1v) is 6.34. The number of pyridine rings is 1. The van der Waals surface area contributed by atoms with Crippen LogP contribution in [-0.4, -0.2) is 22.8 Å². The number of nitrogens with one attached hydrogen (secondary N) is 1. The second-order valence-corrected chi connectivity index (χ2v) is 4.65. The molecule has 1 amide bonds. The number of rotatable bonds is 4. The number of hydrazine groups is 1. The Bertz CT molecular complexity index is 527. The molecule has 0 unspecified atom stereocenters. The van der Waals surface area contributed by atoms with Gasteiger partial charge in [-0.25, -0.2) is 10.8 Å². The molecule has 0 saturated carbocycles. The van der Waals surface area contributed by atoms with Crippen molar-refractivity contribution in [1.29, 1.82) is 0 Å². The molecule has 2 heterocycles. The van der Waals surface area contributed by atoms with Crippen molar-refractivity contribution in [3.05, 3.63) is 46.3 Å². The molecular formula is C12H14N4OS. The first-order valence-electron chi connectivity index (χ1n) is 5.40. The molecule has 0 bridgehead atoms. The molecule has 0 aliphatic heterocycles. The third kappa shape index (κ3) is 2.85. The second kappa shape index (κ2) is 5.61. The minimum absolute atomic E-state index is 0.0555. The molecule has 0 saturated heterocycles. The summed E-state index contributed by atoms with van der Waals surface area (Å²) in [4.78, 5) is 17.8. The van der Waals surface area contributed by atoms with Gasteiger partial charge < -0.3 is 10.3 Å². The molecule has 6 heteroatoms. The standard InChI is InChI=1S/C12H14N4OS/c1-16(7-9-3-5-18-8-9)12(17)10-2-4-14-11(6-10)15-13/h2-6,8H,7,13H2,1H3,(H,14,15). The third-order valence-electron chi connectivity index (χ3n) is 2.50. The van der Waals surface area contributed by atoms with Crippen LogP contribution in [0.1, 0.15) is 15.9 Å². The normalized spacial score (nSPS) is 10.1. The highest BCUT2D eigenvalue weighted by molar-refractivity contribution is 7.07. The average molecular weight is 262 g/mol. The maximum absolute atomic E-state index is 12.2. The van der Waals surface area contributed by atoms with Crippen molar-refractivity contribution >= 4 is 23.1 Å². The van der Waals surface area contributed by atoms with E-state index in [0.717, 1.165) is 5.56 Å². The quantitative estimate of drug-likeness (QED) is 0.650. The number of amides is 1. The number of nitrogens with zero attached hydrogens (tertiary/aromatic N) is 2. The minimum Gasteiger partial charge on any atom is -0.337 e. The largest absolute Gasteiger partial charge is 0.337 e. The highest BCUT2D eigenvalue weighted by Gasteiger charge is 2.12. The van der Waals surface area contributed by atoms with E-state index in [1.165, 1.54) is 0 Å². The van der Waals surface area contributed by atoms with Crippen molar-refractivity contribution in [2.45, 2.75) is 6.54 Å². The van der Waals surface area contributed by atoms with Crippen LogP contribution in [0.3, 0.4) is 0 Å². The lowest BCUT2D eigenvalue weighted by molar-refractivity contribution is 0.0785. The number of anilines is 1. The van der Waals surface area contributed by atoms with Gasteiger partial charge in [-0.2, -0.15) is 11.3 Å². The smallest absolute Gasteiger partial charge is 0.254 e. The Labute approximate surface area is 109 Å². The number of hydrogen-bond donors (Lipinski definition) is 2. The Balaban J connectivity index is 2.10. The van der Waals surface area contributed by atoms with Gasteiger partial charge in [-0.1, -0.05) is 0 Å². The van der Waals surface area contributed by atoms with E-state index in [1.807, 2.05) is 16.8 Å². The van der Waals surface area contributed by atoms with Crippen LogP contribution in [0.15, 0.2) is 35.2 Å².